The van der Waals surface area contributed by atoms with E-state index < -0.39 is 41.4 Å². The van der Waals surface area contributed by atoms with Crippen molar-refractivity contribution in [2.24, 2.45) is 11.8 Å². The average molecular weight is 360 g/mol. The van der Waals surface area contributed by atoms with E-state index in [4.69, 9.17) is 0 Å². The molecule has 138 valence electrons. The standard InChI is InChI=1S/C19H20O7/c1-7-5-9-12(11(21)6-7)14-15(22)8-3-2-4-10(20)13(8)17(24)19(14,26)18(25)16(9)23/h2-4,7,14,16-18,20,23-26H,5-6H2,1H3/t7-,14-,16+,17+,18+,19-/m1/s1. The second-order valence-electron chi connectivity index (χ2n) is 7.59. The van der Waals surface area contributed by atoms with Crippen LogP contribution in [0.1, 0.15) is 41.8 Å². The molecule has 0 amide bonds. The maximum absolute atomic E-state index is 13.1. The highest BCUT2D eigenvalue weighted by molar-refractivity contribution is 6.11. The number of fused-ring (bicyclic) bond motifs is 3. The molecule has 6 atom stereocenters. The van der Waals surface area contributed by atoms with Crippen LogP contribution in [0, 0.1) is 11.8 Å². The van der Waals surface area contributed by atoms with Crippen LogP contribution in [-0.4, -0.2) is 54.9 Å². The number of hydrogen-bond donors (Lipinski definition) is 5. The number of rotatable bonds is 0. The van der Waals surface area contributed by atoms with Gasteiger partial charge in [0.2, 0.25) is 0 Å². The molecule has 26 heavy (non-hydrogen) atoms. The monoisotopic (exact) mass is 360 g/mol. The first kappa shape index (κ1) is 17.4. The Morgan fingerprint density at radius 1 is 1.12 bits per heavy atom. The smallest absolute Gasteiger partial charge is 0.174 e. The Bertz CT molecular complexity index is 857. The predicted octanol–water partition coefficient (Wildman–Crippen LogP) is 0.000200. The molecule has 5 N–H and O–H groups in total. The van der Waals surface area contributed by atoms with Gasteiger partial charge in [-0.25, -0.2) is 0 Å². The fourth-order valence-corrected chi connectivity index (χ4v) is 4.74. The minimum Gasteiger partial charge on any atom is -0.508 e. The number of aliphatic hydroxyl groups excluding tert-OH is 3. The van der Waals surface area contributed by atoms with E-state index in [0.717, 1.165) is 0 Å². The van der Waals surface area contributed by atoms with Gasteiger partial charge in [-0.2, -0.15) is 0 Å². The Morgan fingerprint density at radius 2 is 1.81 bits per heavy atom. The fourth-order valence-electron chi connectivity index (χ4n) is 4.74. The fraction of sp³-hybridized carbons (Fsp3) is 0.474. The predicted molar refractivity (Wildman–Crippen MR) is 88.3 cm³/mol. The molecule has 1 aromatic rings. The summed E-state index contributed by atoms with van der Waals surface area (Å²) in [7, 11) is 0. The third-order valence-corrected chi connectivity index (χ3v) is 5.95. The average Bonchev–Trinajstić information content (AvgIpc) is 2.58. The van der Waals surface area contributed by atoms with Gasteiger partial charge >= 0.3 is 0 Å². The largest absolute Gasteiger partial charge is 0.508 e. The summed E-state index contributed by atoms with van der Waals surface area (Å²) < 4.78 is 0. The summed E-state index contributed by atoms with van der Waals surface area (Å²) >= 11 is 0. The minimum atomic E-state index is -2.50. The van der Waals surface area contributed by atoms with E-state index in [9.17, 15) is 35.1 Å². The zero-order valence-electron chi connectivity index (χ0n) is 14.1. The van der Waals surface area contributed by atoms with Crippen LogP contribution in [0.2, 0.25) is 0 Å². The Labute approximate surface area is 149 Å². The number of carbonyl (C=O) groups excluding carboxylic acids is 2. The lowest BCUT2D eigenvalue weighted by molar-refractivity contribution is -0.198. The number of aliphatic hydroxyl groups is 4. The number of carbonyl (C=O) groups is 2. The molecule has 4 rings (SSSR count). The molecule has 0 spiro atoms. The topological polar surface area (TPSA) is 135 Å². The van der Waals surface area contributed by atoms with Gasteiger partial charge in [-0.1, -0.05) is 19.1 Å². The Balaban J connectivity index is 2.01. The Hall–Kier alpha value is -2.06. The van der Waals surface area contributed by atoms with E-state index in [2.05, 4.69) is 0 Å². The molecule has 3 aliphatic carbocycles. The van der Waals surface area contributed by atoms with Crippen molar-refractivity contribution in [2.75, 3.05) is 0 Å². The number of phenolic OH excluding ortho intramolecular Hbond substituents is 1. The van der Waals surface area contributed by atoms with Gasteiger partial charge in [0.25, 0.3) is 0 Å². The van der Waals surface area contributed by atoms with Gasteiger partial charge in [-0.05, 0) is 24.0 Å². The first-order valence-electron chi connectivity index (χ1n) is 8.58. The molecule has 7 nitrogen and oxygen atoms in total. The second kappa shape index (κ2) is 5.47. The van der Waals surface area contributed by atoms with Crippen LogP contribution in [-0.2, 0) is 4.79 Å². The molecule has 0 unspecified atom stereocenters. The van der Waals surface area contributed by atoms with Crippen LogP contribution < -0.4 is 0 Å². The normalized spacial score (nSPS) is 39.3. The maximum atomic E-state index is 13.1. The zero-order chi connectivity index (χ0) is 19.0. The minimum absolute atomic E-state index is 0.00552. The van der Waals surface area contributed by atoms with Crippen LogP contribution in [0.4, 0.5) is 0 Å². The molecule has 0 saturated carbocycles. The van der Waals surface area contributed by atoms with E-state index in [1.165, 1.54) is 18.2 Å². The molecule has 0 aliphatic heterocycles. The Kier molecular flexibility index (Phi) is 3.65. The van der Waals surface area contributed by atoms with E-state index in [-0.39, 0.29) is 40.4 Å². The number of ketones is 2. The number of aromatic hydroxyl groups is 1. The molecule has 1 aromatic carbocycles. The quantitative estimate of drug-likeness (QED) is 0.439. The number of phenols is 1. The number of hydrogen-bond acceptors (Lipinski definition) is 7. The van der Waals surface area contributed by atoms with Crippen LogP contribution >= 0.6 is 0 Å². The van der Waals surface area contributed by atoms with E-state index in [1.54, 1.807) is 0 Å². The lowest BCUT2D eigenvalue weighted by atomic mass is 9.56. The summed E-state index contributed by atoms with van der Waals surface area (Å²) in [6.07, 6.45) is -4.82. The summed E-state index contributed by atoms with van der Waals surface area (Å²) in [4.78, 5) is 25.8. The first-order valence-corrected chi connectivity index (χ1v) is 8.58. The van der Waals surface area contributed by atoms with Crippen molar-refractivity contribution in [3.8, 4) is 5.75 Å². The third-order valence-electron chi connectivity index (χ3n) is 5.95. The third kappa shape index (κ3) is 1.97. The van der Waals surface area contributed by atoms with Crippen LogP contribution in [0.3, 0.4) is 0 Å². The van der Waals surface area contributed by atoms with Crippen LogP contribution in [0.5, 0.6) is 5.75 Å². The molecule has 0 heterocycles. The highest BCUT2D eigenvalue weighted by atomic mass is 16.4. The van der Waals surface area contributed by atoms with Crippen LogP contribution in [0.25, 0.3) is 0 Å². The molecule has 7 heteroatoms. The lowest BCUT2D eigenvalue weighted by Gasteiger charge is -2.52. The van der Waals surface area contributed by atoms with Gasteiger partial charge in [-0.3, -0.25) is 9.59 Å². The van der Waals surface area contributed by atoms with Crippen molar-refractivity contribution in [1.29, 1.82) is 0 Å². The summed E-state index contributed by atoms with van der Waals surface area (Å²) in [6, 6.07) is 4.08. The van der Waals surface area contributed by atoms with Crippen molar-refractivity contribution in [1.82, 2.24) is 0 Å². The lowest BCUT2D eigenvalue weighted by Crippen LogP contribution is -2.66. The van der Waals surface area contributed by atoms with Crippen molar-refractivity contribution < 1.29 is 35.1 Å². The van der Waals surface area contributed by atoms with Gasteiger partial charge in [0.15, 0.2) is 11.6 Å². The molecule has 0 saturated heterocycles. The second-order valence-corrected chi connectivity index (χ2v) is 7.59. The van der Waals surface area contributed by atoms with Gasteiger partial charge < -0.3 is 25.5 Å². The molecule has 3 aliphatic rings. The summed E-state index contributed by atoms with van der Waals surface area (Å²) in [5.41, 5.74) is -2.48. The highest BCUT2D eigenvalue weighted by Gasteiger charge is 2.64. The van der Waals surface area contributed by atoms with Crippen molar-refractivity contribution in [3.63, 3.8) is 0 Å². The van der Waals surface area contributed by atoms with Gasteiger partial charge in [0.1, 0.15) is 29.7 Å². The number of benzene rings is 1. The molecule has 0 aromatic heterocycles. The molecular weight excluding hydrogens is 340 g/mol. The highest BCUT2D eigenvalue weighted by Crippen LogP contribution is 2.54. The van der Waals surface area contributed by atoms with Gasteiger partial charge in [0.05, 0.1) is 5.92 Å². The SMILES string of the molecule is C[C@H]1CC(=O)C2=C(C1)[C@H](O)[C@H](O)[C@@]1(O)[C@H]2C(=O)c2cccc(O)c2[C@@H]1O. The summed E-state index contributed by atoms with van der Waals surface area (Å²) in [6.45, 7) is 1.83. The first-order chi connectivity index (χ1) is 12.2. The molecule has 0 bridgehead atoms. The molecule has 0 fully saturated rings. The van der Waals surface area contributed by atoms with Gasteiger partial charge in [0, 0.05) is 23.1 Å². The Morgan fingerprint density at radius 3 is 2.50 bits per heavy atom. The van der Waals surface area contributed by atoms with Crippen LogP contribution in [0.15, 0.2) is 29.3 Å². The van der Waals surface area contributed by atoms with Crippen molar-refractivity contribution in [3.05, 3.63) is 40.5 Å². The summed E-state index contributed by atoms with van der Waals surface area (Å²) in [5.74, 6) is -2.99. The van der Waals surface area contributed by atoms with Crippen molar-refractivity contribution in [2.45, 2.75) is 43.7 Å². The van der Waals surface area contributed by atoms with E-state index in [0.29, 0.717) is 6.42 Å². The van der Waals surface area contributed by atoms with Gasteiger partial charge in [-0.15, -0.1) is 0 Å². The molecular formula is C19H20O7. The van der Waals surface area contributed by atoms with Crippen molar-refractivity contribution >= 4 is 11.6 Å². The maximum Gasteiger partial charge on any atom is 0.174 e. The molecule has 0 radical (unpaired) electrons. The van der Waals surface area contributed by atoms with E-state index in [1.807, 2.05) is 6.92 Å². The number of Topliss-reactive ketones (excluding diaryl/α,β-unsaturated/α-hetero) is 2. The summed E-state index contributed by atoms with van der Waals surface area (Å²) in [5, 5.41) is 53.2. The van der Waals surface area contributed by atoms with E-state index >= 15 is 0 Å². The zero-order valence-corrected chi connectivity index (χ0v) is 14.1.